The van der Waals surface area contributed by atoms with Crippen LogP contribution in [-0.4, -0.2) is 83.0 Å². The molecule has 8 heteroatoms. The Morgan fingerprint density at radius 3 is 1.92 bits per heavy atom. The second kappa shape index (κ2) is 14.4. The third-order valence-corrected chi connectivity index (χ3v) is 6.85. The standard InChI is InChI=1S/C15H27N3O3.C8H10.C7H6F2/c1-15(2,3)18-5-4-12(10-18)14(21)17-8-6-16(7-9-17)11-13(19)20;1-7-4-3-5-8(2)6-7;1-5-3-2-4-6(8)7(5)9/h12H,4-11H2,1-3H3,(H,19,20);3-6H,1-2H3;2-4H,1H3. The molecule has 4 rings (SSSR count). The van der Waals surface area contributed by atoms with Crippen LogP contribution in [0.1, 0.15) is 43.9 Å². The molecule has 2 heterocycles. The predicted octanol–water partition coefficient (Wildman–Crippen LogP) is 4.91. The Kier molecular flexibility index (Phi) is 11.9. The highest BCUT2D eigenvalue weighted by molar-refractivity contribution is 5.79. The maximum atomic E-state index is 12.6. The molecule has 38 heavy (non-hydrogen) atoms. The van der Waals surface area contributed by atoms with Crippen LogP contribution in [0.5, 0.6) is 0 Å². The molecule has 1 atom stereocenters. The van der Waals surface area contributed by atoms with E-state index in [4.69, 9.17) is 5.11 Å². The fraction of sp³-hybridized carbons (Fsp3) is 0.533. The molecule has 2 saturated heterocycles. The van der Waals surface area contributed by atoms with Crippen molar-refractivity contribution in [1.82, 2.24) is 14.7 Å². The Bertz CT molecular complexity index is 1030. The minimum absolute atomic E-state index is 0.0727. The maximum Gasteiger partial charge on any atom is 0.317 e. The number of carboxylic acids is 1. The second-order valence-electron chi connectivity index (χ2n) is 11.1. The number of halogens is 2. The highest BCUT2D eigenvalue weighted by atomic mass is 19.2. The molecule has 2 aliphatic rings. The summed E-state index contributed by atoms with van der Waals surface area (Å²) in [5.74, 6) is -1.98. The van der Waals surface area contributed by atoms with Gasteiger partial charge in [0.2, 0.25) is 5.91 Å². The summed E-state index contributed by atoms with van der Waals surface area (Å²) < 4.78 is 24.6. The number of carboxylic acid groups (broad SMARTS) is 1. The number of likely N-dealkylation sites (tertiary alicyclic amines) is 1. The van der Waals surface area contributed by atoms with E-state index in [1.165, 1.54) is 30.2 Å². The van der Waals surface area contributed by atoms with E-state index in [-0.39, 0.29) is 23.9 Å². The lowest BCUT2D eigenvalue weighted by molar-refractivity contribution is -0.140. The van der Waals surface area contributed by atoms with Gasteiger partial charge in [-0.05, 0) is 66.1 Å². The summed E-state index contributed by atoms with van der Waals surface area (Å²) in [4.78, 5) is 29.4. The lowest BCUT2D eigenvalue weighted by atomic mass is 10.1. The van der Waals surface area contributed by atoms with E-state index in [2.05, 4.69) is 63.8 Å². The van der Waals surface area contributed by atoms with E-state index < -0.39 is 17.6 Å². The van der Waals surface area contributed by atoms with Gasteiger partial charge in [-0.15, -0.1) is 0 Å². The molecule has 2 fully saturated rings. The molecule has 0 radical (unpaired) electrons. The number of amides is 1. The molecule has 0 aromatic heterocycles. The minimum Gasteiger partial charge on any atom is -0.480 e. The molecule has 2 aromatic carbocycles. The fourth-order valence-electron chi connectivity index (χ4n) is 4.57. The number of hydrogen-bond acceptors (Lipinski definition) is 4. The van der Waals surface area contributed by atoms with Crippen LogP contribution in [-0.2, 0) is 9.59 Å². The fourth-order valence-corrected chi connectivity index (χ4v) is 4.57. The molecule has 0 bridgehead atoms. The van der Waals surface area contributed by atoms with Gasteiger partial charge in [0.25, 0.3) is 0 Å². The quantitative estimate of drug-likeness (QED) is 0.610. The highest BCUT2D eigenvalue weighted by Gasteiger charge is 2.36. The summed E-state index contributed by atoms with van der Waals surface area (Å²) in [5, 5.41) is 8.79. The summed E-state index contributed by atoms with van der Waals surface area (Å²) in [6.07, 6.45) is 0.936. The topological polar surface area (TPSA) is 64.1 Å². The van der Waals surface area contributed by atoms with Gasteiger partial charge in [0.05, 0.1) is 12.5 Å². The Labute approximate surface area is 226 Å². The molecular weight excluding hydrogens is 488 g/mol. The van der Waals surface area contributed by atoms with Gasteiger partial charge in [-0.2, -0.15) is 0 Å². The zero-order valence-electron chi connectivity index (χ0n) is 23.6. The predicted molar refractivity (Wildman–Crippen MR) is 147 cm³/mol. The van der Waals surface area contributed by atoms with E-state index in [1.807, 2.05) is 9.80 Å². The molecule has 1 unspecified atom stereocenters. The molecule has 0 aliphatic carbocycles. The van der Waals surface area contributed by atoms with Gasteiger partial charge in [0, 0.05) is 38.3 Å². The number of carbonyl (C=O) groups excluding carboxylic acids is 1. The van der Waals surface area contributed by atoms with Gasteiger partial charge in [-0.3, -0.25) is 19.4 Å². The lowest BCUT2D eigenvalue weighted by Crippen LogP contribution is -2.51. The van der Waals surface area contributed by atoms with E-state index in [1.54, 1.807) is 0 Å². The molecule has 1 amide bonds. The molecule has 0 saturated carbocycles. The lowest BCUT2D eigenvalue weighted by Gasteiger charge is -2.35. The van der Waals surface area contributed by atoms with Gasteiger partial charge < -0.3 is 10.0 Å². The smallest absolute Gasteiger partial charge is 0.317 e. The third kappa shape index (κ3) is 10.1. The summed E-state index contributed by atoms with van der Waals surface area (Å²) in [6, 6.07) is 12.6. The van der Waals surface area contributed by atoms with Gasteiger partial charge in [-0.25, -0.2) is 8.78 Å². The average molecular weight is 532 g/mol. The van der Waals surface area contributed by atoms with Crippen LogP contribution in [0.4, 0.5) is 8.78 Å². The summed E-state index contributed by atoms with van der Waals surface area (Å²) in [5.41, 5.74) is 3.14. The molecule has 0 spiro atoms. The highest BCUT2D eigenvalue weighted by Crippen LogP contribution is 2.26. The molecular formula is C30H43F2N3O3. The number of piperazine rings is 1. The summed E-state index contributed by atoms with van der Waals surface area (Å²) >= 11 is 0. The number of nitrogens with zero attached hydrogens (tertiary/aromatic N) is 3. The van der Waals surface area contributed by atoms with Crippen molar-refractivity contribution in [2.45, 2.75) is 53.5 Å². The van der Waals surface area contributed by atoms with Gasteiger partial charge in [-0.1, -0.05) is 47.5 Å². The van der Waals surface area contributed by atoms with E-state index in [0.29, 0.717) is 31.7 Å². The molecule has 1 N–H and O–H groups in total. The third-order valence-electron chi connectivity index (χ3n) is 6.85. The Balaban J connectivity index is 0.000000243. The van der Waals surface area contributed by atoms with Gasteiger partial charge in [0.1, 0.15) is 0 Å². The summed E-state index contributed by atoms with van der Waals surface area (Å²) in [6.45, 7) is 16.8. The monoisotopic (exact) mass is 531 g/mol. The largest absolute Gasteiger partial charge is 0.480 e. The van der Waals surface area contributed by atoms with Crippen molar-refractivity contribution >= 4 is 11.9 Å². The van der Waals surface area contributed by atoms with Crippen molar-refractivity contribution < 1.29 is 23.5 Å². The van der Waals surface area contributed by atoms with E-state index >= 15 is 0 Å². The first-order chi connectivity index (χ1) is 17.8. The minimum atomic E-state index is -0.800. The summed E-state index contributed by atoms with van der Waals surface area (Å²) in [7, 11) is 0. The van der Waals surface area contributed by atoms with Crippen LogP contribution in [0, 0.1) is 38.3 Å². The SMILES string of the molecule is CC(C)(C)N1CCC(C(=O)N2CCN(CC(=O)O)CC2)C1.Cc1cccc(C)c1.Cc1cccc(F)c1F. The normalized spacial score (nSPS) is 18.2. The van der Waals surface area contributed by atoms with Crippen LogP contribution in [0.3, 0.4) is 0 Å². The zero-order valence-corrected chi connectivity index (χ0v) is 23.6. The Morgan fingerprint density at radius 2 is 1.50 bits per heavy atom. The van der Waals surface area contributed by atoms with Gasteiger partial charge in [0.15, 0.2) is 11.6 Å². The second-order valence-corrected chi connectivity index (χ2v) is 11.1. The maximum absolute atomic E-state index is 12.6. The Hall–Kier alpha value is -2.84. The number of rotatable bonds is 3. The van der Waals surface area contributed by atoms with Crippen LogP contribution in [0.25, 0.3) is 0 Å². The first-order valence-corrected chi connectivity index (χ1v) is 13.2. The van der Waals surface area contributed by atoms with Crippen molar-refractivity contribution in [2.24, 2.45) is 5.92 Å². The molecule has 6 nitrogen and oxygen atoms in total. The van der Waals surface area contributed by atoms with Crippen LogP contribution < -0.4 is 0 Å². The van der Waals surface area contributed by atoms with Crippen LogP contribution in [0.2, 0.25) is 0 Å². The van der Waals surface area contributed by atoms with E-state index in [9.17, 15) is 18.4 Å². The first-order valence-electron chi connectivity index (χ1n) is 13.2. The van der Waals surface area contributed by atoms with Crippen LogP contribution >= 0.6 is 0 Å². The van der Waals surface area contributed by atoms with Crippen molar-refractivity contribution in [1.29, 1.82) is 0 Å². The molecule has 210 valence electrons. The molecule has 2 aromatic rings. The zero-order chi connectivity index (χ0) is 28.5. The van der Waals surface area contributed by atoms with Crippen molar-refractivity contribution in [3.63, 3.8) is 0 Å². The average Bonchev–Trinajstić information content (AvgIpc) is 3.34. The molecule has 2 aliphatic heterocycles. The Morgan fingerprint density at radius 1 is 0.921 bits per heavy atom. The van der Waals surface area contributed by atoms with Crippen molar-refractivity contribution in [3.8, 4) is 0 Å². The first kappa shape index (κ1) is 31.4. The number of aliphatic carboxylic acids is 1. The number of benzene rings is 2. The number of hydrogen-bond donors (Lipinski definition) is 1. The van der Waals surface area contributed by atoms with Crippen molar-refractivity contribution in [2.75, 3.05) is 45.8 Å². The van der Waals surface area contributed by atoms with Gasteiger partial charge >= 0.3 is 5.97 Å². The van der Waals surface area contributed by atoms with Crippen molar-refractivity contribution in [3.05, 3.63) is 70.8 Å². The van der Waals surface area contributed by atoms with Crippen LogP contribution in [0.15, 0.2) is 42.5 Å². The number of carbonyl (C=O) groups is 2. The van der Waals surface area contributed by atoms with E-state index in [0.717, 1.165) is 25.6 Å². The number of aryl methyl sites for hydroxylation is 3.